The maximum Gasteiger partial charge on any atom is 0.248 e. The minimum atomic E-state index is -2.44. The molecule has 1 fully saturated rings. The molecule has 1 saturated carbocycles. The van der Waals surface area contributed by atoms with Crippen LogP contribution in [0.25, 0.3) is 0 Å². The van der Waals surface area contributed by atoms with Crippen LogP contribution in [0.3, 0.4) is 0 Å². The largest absolute Gasteiger partial charge is 0.326 e. The molecule has 1 aromatic heterocycles. The summed E-state index contributed by atoms with van der Waals surface area (Å²) in [6.07, 6.45) is 4.84. The van der Waals surface area contributed by atoms with E-state index in [0.717, 1.165) is 12.1 Å². The summed E-state index contributed by atoms with van der Waals surface area (Å²) >= 11 is 0. The van der Waals surface area contributed by atoms with Crippen LogP contribution in [0.2, 0.25) is 0 Å². The number of halogens is 3. The summed E-state index contributed by atoms with van der Waals surface area (Å²) in [7, 11) is 0. The molecule has 0 unspecified atom stereocenters. The molecule has 6 heteroatoms. The quantitative estimate of drug-likeness (QED) is 0.913. The molecule has 2 N–H and O–H groups in total. The number of nitrogens with zero attached hydrogens (tertiary/aromatic N) is 2. The standard InChI is InChI=1S/C11H17F2N3.ClH/c12-11(13)3-1-9(2-4-11)7-16-8-10(5-14)6-15-16;/h6,8-9H,1-5,7,14H2;1H. The van der Waals surface area contributed by atoms with Crippen LogP contribution < -0.4 is 5.73 Å². The van der Waals surface area contributed by atoms with E-state index >= 15 is 0 Å². The lowest BCUT2D eigenvalue weighted by molar-refractivity contribution is -0.0476. The smallest absolute Gasteiger partial charge is 0.248 e. The van der Waals surface area contributed by atoms with Gasteiger partial charge in [-0.1, -0.05) is 0 Å². The van der Waals surface area contributed by atoms with Crippen molar-refractivity contribution in [3.8, 4) is 0 Å². The molecule has 1 aliphatic rings. The van der Waals surface area contributed by atoms with Crippen molar-refractivity contribution >= 4 is 12.4 Å². The molecule has 1 heterocycles. The van der Waals surface area contributed by atoms with E-state index in [4.69, 9.17) is 5.73 Å². The topological polar surface area (TPSA) is 43.8 Å². The maximum atomic E-state index is 12.9. The Morgan fingerprint density at radius 2 is 2.06 bits per heavy atom. The van der Waals surface area contributed by atoms with Gasteiger partial charge in [0.2, 0.25) is 5.92 Å². The molecule has 0 aromatic carbocycles. The number of rotatable bonds is 3. The van der Waals surface area contributed by atoms with Gasteiger partial charge >= 0.3 is 0 Å². The molecule has 0 spiro atoms. The molecule has 0 amide bonds. The number of aromatic nitrogens is 2. The average molecular weight is 266 g/mol. The van der Waals surface area contributed by atoms with Gasteiger partial charge in [0.1, 0.15) is 0 Å². The third kappa shape index (κ3) is 3.92. The minimum absolute atomic E-state index is 0. The van der Waals surface area contributed by atoms with Gasteiger partial charge in [-0.3, -0.25) is 4.68 Å². The molecule has 3 nitrogen and oxygen atoms in total. The maximum absolute atomic E-state index is 12.9. The van der Waals surface area contributed by atoms with Crippen molar-refractivity contribution in [3.63, 3.8) is 0 Å². The summed E-state index contributed by atoms with van der Waals surface area (Å²) in [5.41, 5.74) is 6.47. The van der Waals surface area contributed by atoms with Crippen LogP contribution in [-0.2, 0) is 13.1 Å². The molecular formula is C11H18ClF2N3. The third-order valence-electron chi connectivity index (χ3n) is 3.20. The molecule has 1 aromatic rings. The molecule has 0 aliphatic heterocycles. The highest BCUT2D eigenvalue weighted by atomic mass is 35.5. The predicted octanol–water partition coefficient (Wildman–Crippen LogP) is 2.59. The Morgan fingerprint density at radius 1 is 1.41 bits per heavy atom. The SMILES string of the molecule is Cl.NCc1cnn(CC2CCC(F)(F)CC2)c1. The van der Waals surface area contributed by atoms with E-state index in [1.807, 2.05) is 10.9 Å². The summed E-state index contributed by atoms with van der Waals surface area (Å²) in [5.74, 6) is -2.12. The van der Waals surface area contributed by atoms with Crippen molar-refractivity contribution in [1.29, 1.82) is 0 Å². The highest BCUT2D eigenvalue weighted by Gasteiger charge is 2.34. The summed E-state index contributed by atoms with van der Waals surface area (Å²) < 4.78 is 27.7. The van der Waals surface area contributed by atoms with Gasteiger partial charge in [-0.15, -0.1) is 12.4 Å². The van der Waals surface area contributed by atoms with E-state index in [1.54, 1.807) is 6.20 Å². The van der Waals surface area contributed by atoms with Crippen molar-refractivity contribution < 1.29 is 8.78 Å². The third-order valence-corrected chi connectivity index (χ3v) is 3.20. The van der Waals surface area contributed by atoms with Crippen molar-refractivity contribution in [1.82, 2.24) is 9.78 Å². The second kappa shape index (κ2) is 5.78. The van der Waals surface area contributed by atoms with E-state index in [0.29, 0.717) is 25.3 Å². The van der Waals surface area contributed by atoms with Gasteiger partial charge in [0.15, 0.2) is 0 Å². The van der Waals surface area contributed by atoms with Crippen LogP contribution in [0.5, 0.6) is 0 Å². The highest BCUT2D eigenvalue weighted by Crippen LogP contribution is 2.36. The van der Waals surface area contributed by atoms with Gasteiger partial charge < -0.3 is 5.73 Å². The van der Waals surface area contributed by atoms with Gasteiger partial charge in [0.25, 0.3) is 0 Å². The Labute approximate surface area is 106 Å². The molecular weight excluding hydrogens is 248 g/mol. The summed E-state index contributed by atoms with van der Waals surface area (Å²) in [6, 6.07) is 0. The van der Waals surface area contributed by atoms with Crippen molar-refractivity contribution in [2.75, 3.05) is 0 Å². The molecule has 2 rings (SSSR count). The number of nitrogens with two attached hydrogens (primary N) is 1. The van der Waals surface area contributed by atoms with E-state index in [2.05, 4.69) is 5.10 Å². The monoisotopic (exact) mass is 265 g/mol. The molecule has 98 valence electrons. The lowest BCUT2D eigenvalue weighted by Crippen LogP contribution is -2.26. The van der Waals surface area contributed by atoms with Gasteiger partial charge in [0, 0.05) is 37.7 Å². The lowest BCUT2D eigenvalue weighted by Gasteiger charge is -2.28. The number of hydrogen-bond acceptors (Lipinski definition) is 2. The zero-order valence-corrected chi connectivity index (χ0v) is 10.4. The lowest BCUT2D eigenvalue weighted by atomic mass is 9.87. The molecule has 0 saturated heterocycles. The fraction of sp³-hybridized carbons (Fsp3) is 0.727. The van der Waals surface area contributed by atoms with E-state index in [1.165, 1.54) is 0 Å². The minimum Gasteiger partial charge on any atom is -0.326 e. The Morgan fingerprint density at radius 3 is 2.59 bits per heavy atom. The average Bonchev–Trinajstić information content (AvgIpc) is 2.69. The van der Waals surface area contributed by atoms with Crippen LogP contribution in [0.15, 0.2) is 12.4 Å². The van der Waals surface area contributed by atoms with Crippen molar-refractivity contribution in [3.05, 3.63) is 18.0 Å². The van der Waals surface area contributed by atoms with E-state index in [9.17, 15) is 8.78 Å². The van der Waals surface area contributed by atoms with E-state index < -0.39 is 5.92 Å². The summed E-state index contributed by atoms with van der Waals surface area (Å²) in [5, 5.41) is 4.17. The number of hydrogen-bond donors (Lipinski definition) is 1. The summed E-state index contributed by atoms with van der Waals surface area (Å²) in [6.45, 7) is 1.21. The van der Waals surface area contributed by atoms with Crippen LogP contribution in [0.1, 0.15) is 31.2 Å². The fourth-order valence-corrected chi connectivity index (χ4v) is 2.16. The van der Waals surface area contributed by atoms with Crippen LogP contribution in [0.4, 0.5) is 8.78 Å². The fourth-order valence-electron chi connectivity index (χ4n) is 2.16. The van der Waals surface area contributed by atoms with Gasteiger partial charge in [-0.25, -0.2) is 8.78 Å². The second-order valence-electron chi connectivity index (χ2n) is 4.57. The molecule has 0 radical (unpaired) electrons. The first kappa shape index (κ1) is 14.4. The Hall–Kier alpha value is -0.680. The Bertz CT molecular complexity index is 344. The normalized spacial score (nSPS) is 19.9. The second-order valence-corrected chi connectivity index (χ2v) is 4.57. The first-order valence-electron chi connectivity index (χ1n) is 5.68. The molecule has 17 heavy (non-hydrogen) atoms. The number of alkyl halides is 2. The van der Waals surface area contributed by atoms with Gasteiger partial charge in [-0.2, -0.15) is 5.10 Å². The van der Waals surface area contributed by atoms with Crippen LogP contribution in [0, 0.1) is 5.92 Å². The Kier molecular flexibility index (Phi) is 4.89. The zero-order chi connectivity index (χ0) is 11.6. The van der Waals surface area contributed by atoms with Crippen LogP contribution >= 0.6 is 12.4 Å². The van der Waals surface area contributed by atoms with Crippen molar-refractivity contribution in [2.24, 2.45) is 11.7 Å². The first-order valence-corrected chi connectivity index (χ1v) is 5.68. The summed E-state index contributed by atoms with van der Waals surface area (Å²) in [4.78, 5) is 0. The highest BCUT2D eigenvalue weighted by molar-refractivity contribution is 5.85. The predicted molar refractivity (Wildman–Crippen MR) is 64.3 cm³/mol. The van der Waals surface area contributed by atoms with Gasteiger partial charge in [-0.05, 0) is 18.8 Å². The Balaban J connectivity index is 0.00000144. The van der Waals surface area contributed by atoms with E-state index in [-0.39, 0.29) is 25.2 Å². The molecule has 0 bridgehead atoms. The van der Waals surface area contributed by atoms with Crippen molar-refractivity contribution in [2.45, 2.75) is 44.7 Å². The zero-order valence-electron chi connectivity index (χ0n) is 9.61. The molecule has 1 aliphatic carbocycles. The molecule has 0 atom stereocenters. The first-order chi connectivity index (χ1) is 7.59. The van der Waals surface area contributed by atoms with Crippen LogP contribution in [-0.4, -0.2) is 15.7 Å². The van der Waals surface area contributed by atoms with Gasteiger partial charge in [0.05, 0.1) is 6.20 Å².